The number of pyridine rings is 1. The van der Waals surface area contributed by atoms with E-state index in [0.717, 1.165) is 22.0 Å². The highest BCUT2D eigenvalue weighted by atomic mass is 19.4. The van der Waals surface area contributed by atoms with Gasteiger partial charge < -0.3 is 15.0 Å². The van der Waals surface area contributed by atoms with Gasteiger partial charge in [0.25, 0.3) is 11.8 Å². The van der Waals surface area contributed by atoms with E-state index in [1.54, 1.807) is 37.3 Å². The molecule has 14 heteroatoms. The number of hydrogen-bond acceptors (Lipinski definition) is 5. The van der Waals surface area contributed by atoms with Gasteiger partial charge in [-0.15, -0.1) is 13.2 Å². The maximum Gasteiger partial charge on any atom is 0.391 e. The second-order valence-electron chi connectivity index (χ2n) is 10.2. The van der Waals surface area contributed by atoms with Gasteiger partial charge in [0.05, 0.1) is 12.5 Å². The van der Waals surface area contributed by atoms with E-state index >= 15 is 0 Å². The van der Waals surface area contributed by atoms with E-state index < -0.39 is 95.2 Å². The van der Waals surface area contributed by atoms with Crippen LogP contribution in [0.3, 0.4) is 0 Å². The maximum absolute atomic E-state index is 14.2. The molecule has 8 nitrogen and oxygen atoms in total. The van der Waals surface area contributed by atoms with Gasteiger partial charge in [-0.05, 0) is 12.5 Å². The summed E-state index contributed by atoms with van der Waals surface area (Å²) in [4.78, 5) is 42.0. The monoisotopic (exact) mass is 634 g/mol. The van der Waals surface area contributed by atoms with Gasteiger partial charge in [-0.25, -0.2) is 13.2 Å². The van der Waals surface area contributed by atoms with Crippen molar-refractivity contribution in [2.45, 2.75) is 44.8 Å². The molecule has 0 unspecified atom stereocenters. The minimum absolute atomic E-state index is 0.266. The van der Waals surface area contributed by atoms with Crippen LogP contribution in [0.5, 0.6) is 5.75 Å². The Morgan fingerprint density at radius 3 is 2.29 bits per heavy atom. The Bertz CT molecular complexity index is 1650. The Labute approximate surface area is 253 Å². The zero-order valence-electron chi connectivity index (χ0n) is 23.9. The second kappa shape index (κ2) is 13.3. The Hall–Kier alpha value is -5.01. The number of carbonyl (C=O) groups excluding carboxylic acids is 2. The molecule has 2 aromatic carbocycles. The molecule has 3 aromatic rings. The molecule has 4 rings (SSSR count). The summed E-state index contributed by atoms with van der Waals surface area (Å²) in [5.41, 5.74) is -2.42. The molecule has 238 valence electrons. The highest BCUT2D eigenvalue weighted by molar-refractivity contribution is 5.99. The molecule has 0 fully saturated rings. The van der Waals surface area contributed by atoms with Crippen molar-refractivity contribution < 1.29 is 40.7 Å². The van der Waals surface area contributed by atoms with E-state index in [1.165, 1.54) is 11.0 Å². The first-order chi connectivity index (χ1) is 21.2. The van der Waals surface area contributed by atoms with Crippen LogP contribution in [0.25, 0.3) is 0 Å². The minimum Gasteiger partial charge on any atom is -0.482 e. The van der Waals surface area contributed by atoms with Crippen molar-refractivity contribution in [1.29, 1.82) is 0 Å². The Morgan fingerprint density at radius 2 is 1.71 bits per heavy atom. The molecule has 1 aliphatic heterocycles. The number of rotatable bonds is 11. The lowest BCUT2D eigenvalue weighted by molar-refractivity contribution is -0.137. The van der Waals surface area contributed by atoms with Crippen molar-refractivity contribution in [2.24, 2.45) is 0 Å². The lowest BCUT2D eigenvalue weighted by Gasteiger charge is -2.44. The third kappa shape index (κ3) is 7.21. The van der Waals surface area contributed by atoms with Crippen LogP contribution >= 0.6 is 0 Å². The summed E-state index contributed by atoms with van der Waals surface area (Å²) in [7, 11) is 0. The molecule has 0 aliphatic carbocycles. The van der Waals surface area contributed by atoms with E-state index in [2.05, 4.69) is 18.5 Å². The first-order valence-electron chi connectivity index (χ1n) is 13.5. The highest BCUT2D eigenvalue weighted by Crippen LogP contribution is 2.30. The lowest BCUT2D eigenvalue weighted by Crippen LogP contribution is -2.60. The van der Waals surface area contributed by atoms with E-state index in [0.29, 0.717) is 17.7 Å². The minimum atomic E-state index is -4.68. The third-order valence-corrected chi connectivity index (χ3v) is 7.11. The van der Waals surface area contributed by atoms with Crippen LogP contribution in [0, 0.1) is 17.5 Å². The zero-order chi connectivity index (χ0) is 33.1. The number of ether oxygens (including phenoxy) is 1. The predicted octanol–water partition coefficient (Wildman–Crippen LogP) is 5.21. The van der Waals surface area contributed by atoms with Crippen LogP contribution in [0.4, 0.5) is 26.3 Å². The molecule has 1 N–H and O–H groups in total. The number of carbonyl (C=O) groups is 2. The summed E-state index contributed by atoms with van der Waals surface area (Å²) in [5, 5.41) is 3.26. The Morgan fingerprint density at radius 1 is 1.07 bits per heavy atom. The highest BCUT2D eigenvalue weighted by Gasteiger charge is 2.41. The number of nitrogens with zero attached hydrogens (tertiary/aromatic N) is 3. The fraction of sp³-hybridized carbons (Fsp3) is 0.258. The molecule has 1 aromatic heterocycles. The van der Waals surface area contributed by atoms with Crippen molar-refractivity contribution in [3.63, 3.8) is 0 Å². The molecule has 2 atom stereocenters. The van der Waals surface area contributed by atoms with Gasteiger partial charge in [0.1, 0.15) is 36.3 Å². The molecule has 0 radical (unpaired) electrons. The van der Waals surface area contributed by atoms with Crippen LogP contribution in [0.15, 0.2) is 78.8 Å². The molecule has 45 heavy (non-hydrogen) atoms. The Balaban J connectivity index is 1.87. The van der Waals surface area contributed by atoms with E-state index in [4.69, 9.17) is 4.74 Å². The summed E-state index contributed by atoms with van der Waals surface area (Å²) in [6.07, 6.45) is -2.83. The molecule has 0 saturated carbocycles. The molecule has 2 heterocycles. The van der Waals surface area contributed by atoms with Crippen molar-refractivity contribution in [3.05, 3.63) is 124 Å². The normalized spacial score (nSPS) is 14.4. The number of fused-ring (bicyclic) bond motifs is 1. The quantitative estimate of drug-likeness (QED) is 0.232. The molecular weight excluding hydrogens is 606 g/mol. The standard InChI is InChI=1S/C31H28F6N4O4/c1-4-18(3)39-17-41(21(5-2)13-31(35,36)37)40-15-23(29(43)38-14-22-24(33)11-20(32)12-25(22)34)27(42)28(26(40)30(39)44)45-16-19-9-7-6-8-10-19/h4-12,15,18,21H,1-2,13-14,16-17H2,3H3,(H,38,43)/t18-,21-/m0/s1. The van der Waals surface area contributed by atoms with Crippen LogP contribution in [-0.2, 0) is 13.2 Å². The van der Waals surface area contributed by atoms with Crippen molar-refractivity contribution in [1.82, 2.24) is 14.9 Å². The smallest absolute Gasteiger partial charge is 0.391 e. The molecule has 0 bridgehead atoms. The zero-order valence-corrected chi connectivity index (χ0v) is 23.9. The largest absolute Gasteiger partial charge is 0.482 e. The fourth-order valence-corrected chi connectivity index (χ4v) is 4.68. The van der Waals surface area contributed by atoms with Crippen molar-refractivity contribution in [3.8, 4) is 5.75 Å². The second-order valence-corrected chi connectivity index (χ2v) is 10.2. The number of benzene rings is 2. The van der Waals surface area contributed by atoms with Gasteiger partial charge in [0.2, 0.25) is 5.43 Å². The average molecular weight is 635 g/mol. The molecule has 0 spiro atoms. The van der Waals surface area contributed by atoms with Crippen LogP contribution in [-0.4, -0.2) is 46.3 Å². The summed E-state index contributed by atoms with van der Waals surface area (Å²) in [6.45, 7) is 7.23. The van der Waals surface area contributed by atoms with Crippen LogP contribution < -0.4 is 20.5 Å². The SMILES string of the molecule is C=C[C@H](C)N1CN([C@@H](C=C)CC(F)(F)F)n2cc(C(=O)NCc3c(F)cc(F)cc3F)c(=O)c(OCc3ccccc3)c2C1=O. The van der Waals surface area contributed by atoms with Crippen molar-refractivity contribution in [2.75, 3.05) is 11.7 Å². The number of halogens is 6. The first-order valence-corrected chi connectivity index (χ1v) is 13.5. The molecule has 2 amide bonds. The maximum atomic E-state index is 14.2. The fourth-order valence-electron chi connectivity index (χ4n) is 4.68. The van der Waals surface area contributed by atoms with Gasteiger partial charge in [-0.2, -0.15) is 13.2 Å². The number of amides is 2. The van der Waals surface area contributed by atoms with Gasteiger partial charge in [-0.3, -0.25) is 24.1 Å². The van der Waals surface area contributed by atoms with Crippen LogP contribution in [0.2, 0.25) is 0 Å². The van der Waals surface area contributed by atoms with E-state index in [9.17, 15) is 40.7 Å². The van der Waals surface area contributed by atoms with Gasteiger partial charge >= 0.3 is 6.18 Å². The van der Waals surface area contributed by atoms with E-state index in [1.807, 2.05) is 0 Å². The third-order valence-electron chi connectivity index (χ3n) is 7.11. The molecule has 0 saturated heterocycles. The summed E-state index contributed by atoms with van der Waals surface area (Å²) in [6, 6.07) is 7.03. The first kappa shape index (κ1) is 32.9. The number of aromatic nitrogens is 1. The Kier molecular flexibility index (Phi) is 9.74. The van der Waals surface area contributed by atoms with E-state index in [-0.39, 0.29) is 6.61 Å². The predicted molar refractivity (Wildman–Crippen MR) is 153 cm³/mol. The average Bonchev–Trinajstić information content (AvgIpc) is 2.98. The lowest BCUT2D eigenvalue weighted by atomic mass is 10.1. The number of alkyl halides is 3. The molecule has 1 aliphatic rings. The summed E-state index contributed by atoms with van der Waals surface area (Å²) < 4.78 is 89.4. The number of hydrogen-bond donors (Lipinski definition) is 1. The van der Waals surface area contributed by atoms with Gasteiger partial charge in [-0.1, -0.05) is 42.5 Å². The van der Waals surface area contributed by atoms with Gasteiger partial charge in [0.15, 0.2) is 11.4 Å². The summed E-state index contributed by atoms with van der Waals surface area (Å²) >= 11 is 0. The van der Waals surface area contributed by atoms with Crippen LogP contribution in [0.1, 0.15) is 45.3 Å². The topological polar surface area (TPSA) is 83.9 Å². The summed E-state index contributed by atoms with van der Waals surface area (Å²) in [5.74, 6) is -6.41. The molecular formula is C31H28F6N4O4. The number of nitrogens with one attached hydrogen (secondary N) is 1. The van der Waals surface area contributed by atoms with Crippen molar-refractivity contribution >= 4 is 11.8 Å². The van der Waals surface area contributed by atoms with Gasteiger partial charge in [0, 0.05) is 36.5 Å².